The molecule has 2 aromatic rings. The van der Waals surface area contributed by atoms with Crippen LogP contribution in [0.3, 0.4) is 0 Å². The van der Waals surface area contributed by atoms with Crippen molar-refractivity contribution in [2.24, 2.45) is 0 Å². The average Bonchev–Trinajstić information content (AvgIpc) is 2.36. The molecule has 4 nitrogen and oxygen atoms in total. The molecule has 19 heavy (non-hydrogen) atoms. The van der Waals surface area contributed by atoms with E-state index in [1.54, 1.807) is 6.07 Å². The topological polar surface area (TPSA) is 86.2 Å². The fourth-order valence-corrected chi connectivity index (χ4v) is 2.39. The highest BCUT2D eigenvalue weighted by molar-refractivity contribution is 7.71. The molecule has 0 unspecified atom stereocenters. The lowest BCUT2D eigenvalue weighted by atomic mass is 10.0. The molecule has 2 aromatic carbocycles. The summed E-state index contributed by atoms with van der Waals surface area (Å²) in [5.74, 6) is 0.0877. The second-order valence-electron chi connectivity index (χ2n) is 4.45. The lowest BCUT2D eigenvalue weighted by Crippen LogP contribution is -1.97. The van der Waals surface area contributed by atoms with E-state index >= 15 is 0 Å². The van der Waals surface area contributed by atoms with Crippen LogP contribution < -0.4 is 11.5 Å². The van der Waals surface area contributed by atoms with Crippen LogP contribution in [0, 0.1) is 0 Å². The Labute approximate surface area is 114 Å². The first kappa shape index (κ1) is 13.4. The fourth-order valence-electron chi connectivity index (χ4n) is 1.88. The highest BCUT2D eigenvalue weighted by Gasteiger charge is 2.01. The van der Waals surface area contributed by atoms with Gasteiger partial charge in [-0.3, -0.25) is 0 Å². The van der Waals surface area contributed by atoms with E-state index in [0.717, 1.165) is 23.1 Å². The maximum Gasteiger partial charge on any atom is 0.144 e. The molecular weight excluding hydrogens is 260 g/mol. The molecule has 4 N–H and O–H groups in total. The van der Waals surface area contributed by atoms with Gasteiger partial charge in [0.15, 0.2) is 0 Å². The molecule has 2 rings (SSSR count). The molecule has 0 amide bonds. The third-order valence-corrected chi connectivity index (χ3v) is 3.52. The summed E-state index contributed by atoms with van der Waals surface area (Å²) >= 11 is 0. The van der Waals surface area contributed by atoms with Crippen molar-refractivity contribution in [2.75, 3.05) is 11.5 Å². The first-order valence-corrected chi connectivity index (χ1v) is 7.24. The van der Waals surface area contributed by atoms with Crippen LogP contribution >= 0.6 is 0 Å². The van der Waals surface area contributed by atoms with Crippen molar-refractivity contribution in [2.45, 2.75) is 12.2 Å². The minimum absolute atomic E-state index is 0.0877. The lowest BCUT2D eigenvalue weighted by Gasteiger charge is -2.06. The van der Waals surface area contributed by atoms with Crippen molar-refractivity contribution in [1.82, 2.24) is 0 Å². The highest BCUT2D eigenvalue weighted by Crippen LogP contribution is 2.18. The Morgan fingerprint density at radius 2 is 1.37 bits per heavy atom. The van der Waals surface area contributed by atoms with Gasteiger partial charge in [0.25, 0.3) is 0 Å². The summed E-state index contributed by atoms with van der Waals surface area (Å²) in [6, 6.07) is 13.1. The van der Waals surface area contributed by atoms with Gasteiger partial charge in [-0.2, -0.15) is 0 Å². The van der Waals surface area contributed by atoms with E-state index in [0.29, 0.717) is 11.4 Å². The van der Waals surface area contributed by atoms with Gasteiger partial charge in [-0.15, -0.1) is 0 Å². The van der Waals surface area contributed by atoms with Gasteiger partial charge in [0, 0.05) is 0 Å². The second-order valence-corrected chi connectivity index (χ2v) is 5.43. The number of thiol groups is 1. The van der Waals surface area contributed by atoms with Crippen LogP contribution in [0.25, 0.3) is 0 Å². The Morgan fingerprint density at radius 1 is 0.789 bits per heavy atom. The molecule has 0 aliphatic rings. The van der Waals surface area contributed by atoms with Gasteiger partial charge in [-0.25, -0.2) is 8.42 Å². The lowest BCUT2D eigenvalue weighted by molar-refractivity contribution is 0.614. The first-order chi connectivity index (χ1) is 9.04. The maximum atomic E-state index is 10.6. The zero-order valence-electron chi connectivity index (χ0n) is 10.4. The molecule has 100 valence electrons. The summed E-state index contributed by atoms with van der Waals surface area (Å²) < 4.78 is 21.3. The van der Waals surface area contributed by atoms with E-state index in [4.69, 9.17) is 11.5 Å². The van der Waals surface area contributed by atoms with Crippen LogP contribution in [-0.2, 0) is 22.9 Å². The van der Waals surface area contributed by atoms with Crippen molar-refractivity contribution >= 4 is 22.1 Å². The maximum absolute atomic E-state index is 10.6. The Balaban J connectivity index is 2.12. The van der Waals surface area contributed by atoms with Gasteiger partial charge in [0.1, 0.15) is 10.7 Å². The van der Waals surface area contributed by atoms with E-state index in [9.17, 15) is 8.42 Å². The predicted molar refractivity (Wildman–Crippen MR) is 78.5 cm³/mol. The molecule has 0 aromatic heterocycles. The molecule has 0 atom stereocenters. The number of nitrogen functional groups attached to an aromatic ring is 2. The van der Waals surface area contributed by atoms with Crippen LogP contribution in [0.5, 0.6) is 0 Å². The molecule has 0 saturated heterocycles. The van der Waals surface area contributed by atoms with Crippen LogP contribution in [0.2, 0.25) is 0 Å². The van der Waals surface area contributed by atoms with E-state index < -0.39 is 10.7 Å². The molecule has 0 bridgehead atoms. The van der Waals surface area contributed by atoms with Crippen LogP contribution in [0.4, 0.5) is 11.4 Å². The van der Waals surface area contributed by atoms with Crippen molar-refractivity contribution in [3.63, 3.8) is 0 Å². The summed E-state index contributed by atoms with van der Waals surface area (Å²) in [7, 11) is -2.37. The number of hydrogen-bond acceptors (Lipinski definition) is 4. The van der Waals surface area contributed by atoms with E-state index in [2.05, 4.69) is 0 Å². The SMILES string of the molecule is Nc1ccc(Cc2ccc(C[SH](=O)=O)cc2)cc1N. The third-order valence-electron chi connectivity index (χ3n) is 2.89. The minimum atomic E-state index is -2.37. The van der Waals surface area contributed by atoms with E-state index in [1.807, 2.05) is 36.4 Å². The zero-order valence-corrected chi connectivity index (χ0v) is 11.3. The summed E-state index contributed by atoms with van der Waals surface area (Å²) in [4.78, 5) is 0. The average molecular weight is 276 g/mol. The fraction of sp³-hybridized carbons (Fsp3) is 0.143. The number of rotatable bonds is 4. The molecule has 0 spiro atoms. The Morgan fingerprint density at radius 3 is 1.95 bits per heavy atom. The largest absolute Gasteiger partial charge is 0.397 e. The van der Waals surface area contributed by atoms with Gasteiger partial charge in [0.05, 0.1) is 17.1 Å². The number of benzene rings is 2. The molecule has 0 aliphatic carbocycles. The van der Waals surface area contributed by atoms with Crippen molar-refractivity contribution in [3.8, 4) is 0 Å². The third kappa shape index (κ3) is 3.72. The Hall–Kier alpha value is -2.01. The monoisotopic (exact) mass is 276 g/mol. The molecule has 0 aliphatic heterocycles. The quantitative estimate of drug-likeness (QED) is 0.584. The molecular formula is C14H16N2O2S. The number of nitrogens with two attached hydrogens (primary N) is 2. The molecule has 0 heterocycles. The summed E-state index contributed by atoms with van der Waals surface area (Å²) in [6.07, 6.45) is 0.744. The molecule has 5 heteroatoms. The van der Waals surface area contributed by atoms with Crippen molar-refractivity contribution in [3.05, 3.63) is 59.2 Å². The molecule has 0 radical (unpaired) electrons. The Bertz CT molecular complexity index is 641. The zero-order chi connectivity index (χ0) is 13.8. The summed E-state index contributed by atoms with van der Waals surface area (Å²) in [5, 5.41) is 0. The van der Waals surface area contributed by atoms with Crippen LogP contribution in [0.1, 0.15) is 16.7 Å². The van der Waals surface area contributed by atoms with Crippen molar-refractivity contribution < 1.29 is 8.42 Å². The van der Waals surface area contributed by atoms with Gasteiger partial charge in [0.2, 0.25) is 0 Å². The molecule has 0 saturated carbocycles. The second kappa shape index (κ2) is 5.75. The highest BCUT2D eigenvalue weighted by atomic mass is 32.2. The standard InChI is InChI=1S/C14H16N2O2S/c15-13-6-5-12(8-14(13)16)7-10-1-3-11(4-2-10)9-19(17)18/h1-6,8,19H,7,9,15-16H2. The van der Waals surface area contributed by atoms with Crippen LogP contribution in [0.15, 0.2) is 42.5 Å². The minimum Gasteiger partial charge on any atom is -0.397 e. The normalized spacial score (nSPS) is 10.8. The summed E-state index contributed by atoms with van der Waals surface area (Å²) in [5.41, 5.74) is 15.6. The summed E-state index contributed by atoms with van der Waals surface area (Å²) in [6.45, 7) is 0. The first-order valence-electron chi connectivity index (χ1n) is 5.88. The molecule has 0 fully saturated rings. The number of anilines is 2. The van der Waals surface area contributed by atoms with Gasteiger partial charge in [-0.05, 0) is 35.2 Å². The van der Waals surface area contributed by atoms with Gasteiger partial charge < -0.3 is 11.5 Å². The van der Waals surface area contributed by atoms with Gasteiger partial charge in [-0.1, -0.05) is 30.3 Å². The van der Waals surface area contributed by atoms with Crippen LogP contribution in [-0.4, -0.2) is 8.42 Å². The predicted octanol–water partition coefficient (Wildman–Crippen LogP) is 1.55. The van der Waals surface area contributed by atoms with E-state index in [1.165, 1.54) is 0 Å². The Kier molecular flexibility index (Phi) is 4.06. The van der Waals surface area contributed by atoms with Gasteiger partial charge >= 0.3 is 0 Å². The smallest absolute Gasteiger partial charge is 0.144 e. The van der Waals surface area contributed by atoms with Crippen molar-refractivity contribution in [1.29, 1.82) is 0 Å². The number of hydrogen-bond donors (Lipinski definition) is 3. The van der Waals surface area contributed by atoms with E-state index in [-0.39, 0.29) is 5.75 Å².